The van der Waals surface area contributed by atoms with Gasteiger partial charge in [0.25, 0.3) is 0 Å². The number of aromatic nitrogens is 3. The second kappa shape index (κ2) is 7.28. The SMILES string of the molecule is Cc1nc(C(NC(=O)Nc2cc(Cl)cc3c2OCC3)c2ccccc2)n[nH]1. The zero-order chi connectivity index (χ0) is 18.8. The lowest BCUT2D eigenvalue weighted by atomic mass is 10.1. The van der Waals surface area contributed by atoms with Gasteiger partial charge in [-0.15, -0.1) is 0 Å². The van der Waals surface area contributed by atoms with Crippen LogP contribution in [0.2, 0.25) is 5.02 Å². The van der Waals surface area contributed by atoms with Crippen LogP contribution >= 0.6 is 11.6 Å². The Hall–Kier alpha value is -3.06. The molecule has 3 N–H and O–H groups in total. The Morgan fingerprint density at radius 2 is 2.11 bits per heavy atom. The van der Waals surface area contributed by atoms with Crippen LogP contribution in [-0.4, -0.2) is 27.8 Å². The van der Waals surface area contributed by atoms with Crippen LogP contribution in [0.4, 0.5) is 10.5 Å². The summed E-state index contributed by atoms with van der Waals surface area (Å²) in [6, 6.07) is 12.2. The molecule has 0 fully saturated rings. The minimum absolute atomic E-state index is 0.397. The van der Waals surface area contributed by atoms with Crippen LogP contribution < -0.4 is 15.4 Å². The number of ether oxygens (including phenoxy) is 1. The molecule has 0 saturated carbocycles. The lowest BCUT2D eigenvalue weighted by molar-refractivity contribution is 0.249. The predicted octanol–water partition coefficient (Wildman–Crippen LogP) is 3.61. The molecular formula is C19H18ClN5O2. The van der Waals surface area contributed by atoms with Crippen molar-refractivity contribution in [2.75, 3.05) is 11.9 Å². The molecule has 3 aromatic rings. The Morgan fingerprint density at radius 3 is 2.85 bits per heavy atom. The highest BCUT2D eigenvalue weighted by Gasteiger charge is 2.23. The minimum atomic E-state index is -0.496. The minimum Gasteiger partial charge on any atom is -0.491 e. The summed E-state index contributed by atoms with van der Waals surface area (Å²) < 4.78 is 5.63. The molecule has 138 valence electrons. The molecule has 2 heterocycles. The van der Waals surface area contributed by atoms with E-state index in [0.29, 0.717) is 34.7 Å². The molecule has 1 aliphatic heterocycles. The van der Waals surface area contributed by atoms with Crippen molar-refractivity contribution in [1.29, 1.82) is 0 Å². The third-order valence-corrected chi connectivity index (χ3v) is 4.50. The van der Waals surface area contributed by atoms with Gasteiger partial charge in [0.1, 0.15) is 17.6 Å². The summed E-state index contributed by atoms with van der Waals surface area (Å²) in [5.41, 5.74) is 2.41. The number of aryl methyl sites for hydroxylation is 1. The maximum Gasteiger partial charge on any atom is 0.320 e. The number of anilines is 1. The third kappa shape index (κ3) is 3.73. The Balaban J connectivity index is 1.58. The normalized spacial score (nSPS) is 13.6. The van der Waals surface area contributed by atoms with Crippen molar-refractivity contribution >= 4 is 23.3 Å². The van der Waals surface area contributed by atoms with Gasteiger partial charge in [0.2, 0.25) is 0 Å². The quantitative estimate of drug-likeness (QED) is 0.641. The average molecular weight is 384 g/mol. The van der Waals surface area contributed by atoms with Crippen molar-refractivity contribution in [2.24, 2.45) is 0 Å². The first-order chi connectivity index (χ1) is 13.1. The predicted molar refractivity (Wildman–Crippen MR) is 102 cm³/mol. The molecule has 2 aromatic carbocycles. The number of amides is 2. The highest BCUT2D eigenvalue weighted by atomic mass is 35.5. The molecule has 0 spiro atoms. The summed E-state index contributed by atoms with van der Waals surface area (Å²) in [5, 5.41) is 13.3. The second-order valence-corrected chi connectivity index (χ2v) is 6.70. The summed E-state index contributed by atoms with van der Waals surface area (Å²) in [6.45, 7) is 2.39. The molecule has 1 atom stereocenters. The first-order valence-corrected chi connectivity index (χ1v) is 8.94. The van der Waals surface area contributed by atoms with Gasteiger partial charge < -0.3 is 15.4 Å². The maximum absolute atomic E-state index is 12.7. The number of nitrogens with zero attached hydrogens (tertiary/aromatic N) is 2. The summed E-state index contributed by atoms with van der Waals surface area (Å²) in [6.07, 6.45) is 0.773. The average Bonchev–Trinajstić information content (AvgIpc) is 3.29. The fourth-order valence-electron chi connectivity index (χ4n) is 3.08. The topological polar surface area (TPSA) is 91.9 Å². The van der Waals surface area contributed by atoms with Crippen molar-refractivity contribution in [3.8, 4) is 5.75 Å². The van der Waals surface area contributed by atoms with Gasteiger partial charge in [-0.3, -0.25) is 5.10 Å². The molecule has 0 aliphatic carbocycles. The third-order valence-electron chi connectivity index (χ3n) is 4.28. The van der Waals surface area contributed by atoms with Gasteiger partial charge in [0.05, 0.1) is 12.3 Å². The Bertz CT molecular complexity index is 973. The Morgan fingerprint density at radius 1 is 1.30 bits per heavy atom. The molecule has 0 radical (unpaired) electrons. The molecule has 1 aromatic heterocycles. The Kier molecular flexibility index (Phi) is 4.68. The number of H-pyrrole nitrogens is 1. The Labute approximate surface area is 161 Å². The first-order valence-electron chi connectivity index (χ1n) is 8.57. The van der Waals surface area contributed by atoms with Crippen LogP contribution in [0, 0.1) is 6.92 Å². The fourth-order valence-corrected chi connectivity index (χ4v) is 3.32. The van der Waals surface area contributed by atoms with Crippen molar-refractivity contribution in [1.82, 2.24) is 20.5 Å². The number of rotatable bonds is 4. The zero-order valence-electron chi connectivity index (χ0n) is 14.6. The van der Waals surface area contributed by atoms with E-state index in [1.807, 2.05) is 43.3 Å². The van der Waals surface area contributed by atoms with E-state index in [-0.39, 0.29) is 0 Å². The molecule has 27 heavy (non-hydrogen) atoms. The van der Waals surface area contributed by atoms with Crippen LogP contribution in [0.25, 0.3) is 0 Å². The van der Waals surface area contributed by atoms with E-state index in [0.717, 1.165) is 17.5 Å². The van der Waals surface area contributed by atoms with E-state index in [4.69, 9.17) is 16.3 Å². The monoisotopic (exact) mass is 383 g/mol. The van der Waals surface area contributed by atoms with Crippen LogP contribution in [0.3, 0.4) is 0 Å². The maximum atomic E-state index is 12.7. The molecular weight excluding hydrogens is 366 g/mol. The van der Waals surface area contributed by atoms with Gasteiger partial charge in [0, 0.05) is 17.0 Å². The lowest BCUT2D eigenvalue weighted by Crippen LogP contribution is -2.34. The molecule has 1 unspecified atom stereocenters. The van der Waals surface area contributed by atoms with Crippen LogP contribution in [0.1, 0.15) is 28.8 Å². The number of benzene rings is 2. The molecule has 4 rings (SSSR count). The number of nitrogens with one attached hydrogen (secondary N) is 3. The molecule has 1 aliphatic rings. The standard InChI is InChI=1S/C19H18ClN5O2/c1-11-21-18(25-24-11)16(12-5-3-2-4-6-12)23-19(26)22-15-10-14(20)9-13-7-8-27-17(13)15/h2-6,9-10,16H,7-8H2,1H3,(H,21,24,25)(H2,22,23,26). The van der Waals surface area contributed by atoms with Gasteiger partial charge in [0.15, 0.2) is 5.82 Å². The molecule has 2 amide bonds. The van der Waals surface area contributed by atoms with Crippen molar-refractivity contribution < 1.29 is 9.53 Å². The van der Waals surface area contributed by atoms with Gasteiger partial charge in [-0.25, -0.2) is 9.78 Å². The molecule has 0 bridgehead atoms. The van der Waals surface area contributed by atoms with Crippen LogP contribution in [-0.2, 0) is 6.42 Å². The number of halogens is 1. The van der Waals surface area contributed by atoms with E-state index < -0.39 is 12.1 Å². The largest absolute Gasteiger partial charge is 0.491 e. The van der Waals surface area contributed by atoms with Crippen LogP contribution in [0.15, 0.2) is 42.5 Å². The van der Waals surface area contributed by atoms with E-state index in [9.17, 15) is 4.79 Å². The highest BCUT2D eigenvalue weighted by Crippen LogP contribution is 2.36. The fraction of sp³-hybridized carbons (Fsp3) is 0.211. The lowest BCUT2D eigenvalue weighted by Gasteiger charge is -2.18. The number of carbonyl (C=O) groups is 1. The number of fused-ring (bicyclic) bond motifs is 1. The van der Waals surface area contributed by atoms with Crippen molar-refractivity contribution in [3.63, 3.8) is 0 Å². The first kappa shape index (κ1) is 17.4. The number of hydrogen-bond acceptors (Lipinski definition) is 4. The van der Waals surface area contributed by atoms with Crippen LogP contribution in [0.5, 0.6) is 5.75 Å². The van der Waals surface area contributed by atoms with Gasteiger partial charge >= 0.3 is 6.03 Å². The van der Waals surface area contributed by atoms with Crippen molar-refractivity contribution in [3.05, 3.63) is 70.3 Å². The summed E-state index contributed by atoms with van der Waals surface area (Å²) in [5.74, 6) is 1.83. The van der Waals surface area contributed by atoms with Gasteiger partial charge in [-0.2, -0.15) is 5.10 Å². The summed E-state index contributed by atoms with van der Waals surface area (Å²) >= 11 is 6.16. The van der Waals surface area contributed by atoms with E-state index in [1.54, 1.807) is 6.07 Å². The number of hydrogen-bond donors (Lipinski definition) is 3. The van der Waals surface area contributed by atoms with E-state index in [1.165, 1.54) is 0 Å². The molecule has 8 heteroatoms. The number of aromatic amines is 1. The molecule has 0 saturated heterocycles. The van der Waals surface area contributed by atoms with Gasteiger partial charge in [-0.1, -0.05) is 41.9 Å². The summed E-state index contributed by atoms with van der Waals surface area (Å²) in [4.78, 5) is 17.1. The molecule has 7 nitrogen and oxygen atoms in total. The van der Waals surface area contributed by atoms with Gasteiger partial charge in [-0.05, 0) is 24.6 Å². The smallest absolute Gasteiger partial charge is 0.320 e. The number of carbonyl (C=O) groups excluding carboxylic acids is 1. The second-order valence-electron chi connectivity index (χ2n) is 6.26. The zero-order valence-corrected chi connectivity index (χ0v) is 15.4. The van der Waals surface area contributed by atoms with E-state index in [2.05, 4.69) is 25.8 Å². The highest BCUT2D eigenvalue weighted by molar-refractivity contribution is 6.31. The van der Waals surface area contributed by atoms with Crippen molar-refractivity contribution in [2.45, 2.75) is 19.4 Å². The summed E-state index contributed by atoms with van der Waals surface area (Å²) in [7, 11) is 0. The number of urea groups is 1. The van der Waals surface area contributed by atoms with E-state index >= 15 is 0 Å².